The van der Waals surface area contributed by atoms with Crippen LogP contribution in [-0.2, 0) is 20.1 Å². The van der Waals surface area contributed by atoms with E-state index in [1.807, 2.05) is 60.9 Å². The van der Waals surface area contributed by atoms with E-state index in [0.29, 0.717) is 0 Å². The van der Waals surface area contributed by atoms with Crippen molar-refractivity contribution in [2.24, 2.45) is 0 Å². The van der Waals surface area contributed by atoms with Crippen LogP contribution in [0.4, 0.5) is 0 Å². The molecule has 7 aromatic rings. The van der Waals surface area contributed by atoms with Crippen molar-refractivity contribution in [1.82, 2.24) is 9.97 Å². The molecule has 0 unspecified atom stereocenters. The molecule has 0 fully saturated rings. The van der Waals surface area contributed by atoms with Gasteiger partial charge in [-0.25, -0.2) is 0 Å². The Kier molecular flexibility index (Phi) is 8.79. The molecule has 0 N–H and O–H groups in total. The van der Waals surface area contributed by atoms with Crippen LogP contribution in [0.25, 0.3) is 55.6 Å². The van der Waals surface area contributed by atoms with E-state index in [4.69, 9.17) is 4.42 Å². The molecule has 0 aliphatic carbocycles. The van der Waals surface area contributed by atoms with Crippen LogP contribution in [0, 0.1) is 12.1 Å². The Morgan fingerprint density at radius 1 is 0.689 bits per heavy atom. The molecule has 6 heteroatoms. The molecule has 45 heavy (non-hydrogen) atoms. The molecule has 4 heterocycles. The monoisotopic (exact) mass is 887 g/mol. The third-order valence-electron chi connectivity index (χ3n) is 8.67. The number of hydrogen-bond donors (Lipinski definition) is 0. The average Bonchev–Trinajstić information content (AvgIpc) is 3.53. The second-order valence-corrected chi connectivity index (χ2v) is 32.7. The minimum Gasteiger partial charge on any atom is 0 e. The molecule has 0 saturated heterocycles. The Labute approximate surface area is 284 Å². The second kappa shape index (κ2) is 12.5. The van der Waals surface area contributed by atoms with E-state index in [1.165, 1.54) is 25.3 Å². The van der Waals surface area contributed by atoms with Crippen molar-refractivity contribution < 1.29 is 24.5 Å². The van der Waals surface area contributed by atoms with Gasteiger partial charge in [-0.05, 0) is 0 Å². The van der Waals surface area contributed by atoms with Gasteiger partial charge in [0, 0.05) is 20.1 Å². The Hall–Kier alpha value is -3.28. The number of rotatable bonds is 3. The summed E-state index contributed by atoms with van der Waals surface area (Å²) in [4.78, 5) is 9.03. The summed E-state index contributed by atoms with van der Waals surface area (Å²) in [6, 6.07) is 42.4. The van der Waals surface area contributed by atoms with Crippen molar-refractivity contribution in [2.45, 2.75) is 28.8 Å². The zero-order chi connectivity index (χ0) is 30.5. The van der Waals surface area contributed by atoms with E-state index in [-0.39, 0.29) is 20.1 Å². The third kappa shape index (κ3) is 5.90. The molecule has 225 valence electrons. The largest absolute Gasteiger partial charge is 0 e. The quantitative estimate of drug-likeness (QED) is 0.133. The van der Waals surface area contributed by atoms with Crippen LogP contribution in [0.3, 0.4) is 0 Å². The molecule has 3 nitrogen and oxygen atoms in total. The summed E-state index contributed by atoms with van der Waals surface area (Å²) in [5.74, 6) is 12.1. The van der Waals surface area contributed by atoms with Crippen LogP contribution in [0.15, 0.2) is 120 Å². The van der Waals surface area contributed by atoms with Crippen LogP contribution in [0.1, 0.15) is 0 Å². The molecule has 3 aromatic heterocycles. The average molecular weight is 884 g/mol. The van der Waals surface area contributed by atoms with E-state index in [9.17, 15) is 0 Å². The summed E-state index contributed by atoms with van der Waals surface area (Å²) < 4.78 is 10.9. The summed E-state index contributed by atoms with van der Waals surface area (Å²) >= 11 is -4.01. The van der Waals surface area contributed by atoms with E-state index in [0.717, 1.165) is 39.1 Å². The van der Waals surface area contributed by atoms with Gasteiger partial charge in [0.05, 0.1) is 0 Å². The van der Waals surface area contributed by atoms with Gasteiger partial charge in [-0.2, -0.15) is 0 Å². The van der Waals surface area contributed by atoms with E-state index >= 15 is 0 Å². The molecule has 0 amide bonds. The Balaban J connectivity index is 0.000000181. The van der Waals surface area contributed by atoms with Crippen molar-refractivity contribution in [3.8, 4) is 33.6 Å². The number of hydrogen-bond acceptors (Lipinski definition) is 3. The number of aromatic nitrogens is 2. The molecular weight excluding hydrogens is 850 g/mol. The van der Waals surface area contributed by atoms with Crippen molar-refractivity contribution in [1.29, 1.82) is 0 Å². The molecular formula is C39H34Ge2IrN2O-2. The molecule has 8 rings (SSSR count). The molecule has 1 aliphatic rings. The summed E-state index contributed by atoms with van der Waals surface area (Å²) in [6.07, 6.45) is 3.85. The van der Waals surface area contributed by atoms with Crippen LogP contribution in [0.5, 0.6) is 0 Å². The minimum atomic E-state index is -2.29. The van der Waals surface area contributed by atoms with Gasteiger partial charge in [-0.3, -0.25) is 0 Å². The Morgan fingerprint density at radius 2 is 1.49 bits per heavy atom. The van der Waals surface area contributed by atoms with Crippen molar-refractivity contribution >= 4 is 61.7 Å². The van der Waals surface area contributed by atoms with Gasteiger partial charge in [-0.1, -0.05) is 0 Å². The zero-order valence-electron chi connectivity index (χ0n) is 26.1. The fourth-order valence-corrected chi connectivity index (χ4v) is 14.8. The standard InChI is InChI=1S/C25H18GeNO.C14H16GeN.Ir/c1-26(2)21-11-4-3-8-16(21)19-14-20-17-9-7-10-18(23-12-5-6-13-27-23)25(17)28-24(20)15-22(19)26;1-15(2,3)13-9-10-14(16-11-13)12-7-5-4-6-8-12;/h3-9,11-15H,1-2H3;4-7,9-11H,1-3H3;/q2*-1;. The molecule has 0 saturated carbocycles. The second-order valence-electron chi connectivity index (χ2n) is 12.9. The van der Waals surface area contributed by atoms with E-state index < -0.39 is 26.5 Å². The Bertz CT molecular complexity index is 2120. The molecule has 1 radical (unpaired) electrons. The molecule has 0 atom stereocenters. The summed E-state index contributed by atoms with van der Waals surface area (Å²) in [7, 11) is 0. The van der Waals surface area contributed by atoms with Gasteiger partial charge in [0.25, 0.3) is 0 Å². The van der Waals surface area contributed by atoms with Crippen LogP contribution < -0.4 is 13.2 Å². The fourth-order valence-electron chi connectivity index (χ4n) is 6.19. The number of benzene rings is 4. The van der Waals surface area contributed by atoms with Gasteiger partial charge in [0.2, 0.25) is 0 Å². The SMILES string of the molecule is [CH3][Ge]([CH3])([CH3])[c]1ccc(-c2[c-]cccc2)nc1.[CH3][Ge]1([CH3])[c]2ccccc2-c2cc3c(c[c]21)oc1c(-c2ccccn2)[c-]ccc13.[Ir]. The predicted molar refractivity (Wildman–Crippen MR) is 189 cm³/mol. The minimum absolute atomic E-state index is 0. The van der Waals surface area contributed by atoms with Gasteiger partial charge >= 0.3 is 266 Å². The summed E-state index contributed by atoms with van der Waals surface area (Å²) in [6.45, 7) is 0. The first-order chi connectivity index (χ1) is 21.2. The molecule has 4 aromatic carbocycles. The number of furan rings is 1. The maximum atomic E-state index is 6.41. The fraction of sp³-hybridized carbons (Fsp3) is 0.128. The first-order valence-corrected chi connectivity index (χ1v) is 28.7. The predicted octanol–water partition coefficient (Wildman–Crippen LogP) is 8.34. The van der Waals surface area contributed by atoms with Crippen LogP contribution >= 0.6 is 0 Å². The number of nitrogens with zero attached hydrogens (tertiary/aromatic N) is 2. The molecule has 0 bridgehead atoms. The number of pyridine rings is 2. The molecule has 1 aliphatic heterocycles. The molecule has 0 spiro atoms. The smallest absolute Gasteiger partial charge is 0 e. The maximum absolute atomic E-state index is 6.41. The van der Waals surface area contributed by atoms with Crippen molar-refractivity contribution in [3.05, 3.63) is 128 Å². The topological polar surface area (TPSA) is 38.9 Å². The first kappa shape index (κ1) is 31.7. The normalized spacial score (nSPS) is 13.0. The number of fused-ring (bicyclic) bond motifs is 6. The van der Waals surface area contributed by atoms with Gasteiger partial charge in [0.15, 0.2) is 0 Å². The van der Waals surface area contributed by atoms with Gasteiger partial charge < -0.3 is 0 Å². The Morgan fingerprint density at radius 3 is 2.20 bits per heavy atom. The van der Waals surface area contributed by atoms with E-state index in [1.54, 1.807) is 4.40 Å². The van der Waals surface area contributed by atoms with Crippen molar-refractivity contribution in [3.63, 3.8) is 0 Å². The van der Waals surface area contributed by atoms with Crippen LogP contribution in [-0.4, -0.2) is 36.5 Å². The van der Waals surface area contributed by atoms with Gasteiger partial charge in [0.1, 0.15) is 0 Å². The maximum Gasteiger partial charge on any atom is 0 e. The first-order valence-electron chi connectivity index (χ1n) is 15.1. The summed E-state index contributed by atoms with van der Waals surface area (Å²) in [5.41, 5.74) is 8.54. The summed E-state index contributed by atoms with van der Waals surface area (Å²) in [5, 5.41) is 2.31. The third-order valence-corrected chi connectivity index (χ3v) is 20.4. The van der Waals surface area contributed by atoms with Crippen LogP contribution in [0.2, 0.25) is 28.8 Å². The van der Waals surface area contributed by atoms with Gasteiger partial charge in [-0.15, -0.1) is 0 Å². The van der Waals surface area contributed by atoms with Crippen molar-refractivity contribution in [2.75, 3.05) is 0 Å². The van der Waals surface area contributed by atoms with E-state index in [2.05, 4.69) is 105 Å². The zero-order valence-corrected chi connectivity index (χ0v) is 32.7.